The summed E-state index contributed by atoms with van der Waals surface area (Å²) in [6.45, 7) is 2.05. The summed E-state index contributed by atoms with van der Waals surface area (Å²) in [5, 5.41) is 12.0. The summed E-state index contributed by atoms with van der Waals surface area (Å²) in [6, 6.07) is 15.7. The molecule has 0 aliphatic heterocycles. The Balaban J connectivity index is 1.48. The van der Waals surface area contributed by atoms with E-state index in [1.165, 1.54) is 6.20 Å². The Bertz CT molecular complexity index is 775. The number of aromatic nitrogens is 1. The van der Waals surface area contributed by atoms with Gasteiger partial charge in [0.2, 0.25) is 11.8 Å². The molecule has 140 valence electrons. The zero-order valence-corrected chi connectivity index (χ0v) is 15.6. The van der Waals surface area contributed by atoms with Gasteiger partial charge in [0.25, 0.3) is 0 Å². The Kier molecular flexibility index (Phi) is 6.43. The monoisotopic (exact) mass is 363 g/mol. The van der Waals surface area contributed by atoms with Gasteiger partial charge in [-0.05, 0) is 43.7 Å². The van der Waals surface area contributed by atoms with E-state index in [0.717, 1.165) is 37.7 Å². The van der Waals surface area contributed by atoms with E-state index >= 15 is 0 Å². The van der Waals surface area contributed by atoms with Crippen molar-refractivity contribution in [1.29, 1.82) is 5.26 Å². The average molecular weight is 363 g/mol. The number of hydrogen-bond acceptors (Lipinski definition) is 4. The van der Waals surface area contributed by atoms with E-state index in [2.05, 4.69) is 10.3 Å². The fraction of sp³-hybridized carbons (Fsp3) is 0.409. The van der Waals surface area contributed by atoms with Gasteiger partial charge in [0, 0.05) is 18.3 Å². The quantitative estimate of drug-likeness (QED) is 0.843. The molecule has 3 rings (SSSR count). The molecule has 27 heavy (non-hydrogen) atoms. The van der Waals surface area contributed by atoms with Gasteiger partial charge in [-0.15, -0.1) is 0 Å². The Morgan fingerprint density at radius 2 is 1.96 bits per heavy atom. The number of nitrogens with zero attached hydrogens (tertiary/aromatic N) is 2. The first-order valence-electron chi connectivity index (χ1n) is 9.57. The van der Waals surface area contributed by atoms with E-state index in [1.807, 2.05) is 43.3 Å². The second-order valence-electron chi connectivity index (χ2n) is 6.97. The molecule has 1 fully saturated rings. The molecule has 1 heterocycles. The number of nitrogens with one attached hydrogen (secondary N) is 1. The molecule has 1 aliphatic rings. The standard InChI is InChI=1S/C22H25N3O2/c1-2-20(17-6-4-3-5-7-17)22(26)25-18-9-11-19(12-10-18)27-21-13-8-16(14-23)15-24-21/h3-8,13,15,18-20H,2,9-12H2,1H3,(H,25,26). The highest BCUT2D eigenvalue weighted by molar-refractivity contribution is 5.83. The van der Waals surface area contributed by atoms with Gasteiger partial charge in [0.1, 0.15) is 12.2 Å². The fourth-order valence-corrected chi connectivity index (χ4v) is 3.57. The van der Waals surface area contributed by atoms with E-state index in [1.54, 1.807) is 12.1 Å². The summed E-state index contributed by atoms with van der Waals surface area (Å²) < 4.78 is 5.91. The van der Waals surface area contributed by atoms with Crippen molar-refractivity contribution in [1.82, 2.24) is 10.3 Å². The van der Waals surface area contributed by atoms with Crippen molar-refractivity contribution in [2.45, 2.75) is 57.1 Å². The van der Waals surface area contributed by atoms with E-state index in [9.17, 15) is 4.79 Å². The van der Waals surface area contributed by atoms with Crippen molar-refractivity contribution in [2.24, 2.45) is 0 Å². The van der Waals surface area contributed by atoms with Crippen LogP contribution in [0.5, 0.6) is 5.88 Å². The summed E-state index contributed by atoms with van der Waals surface area (Å²) in [5.74, 6) is 0.571. The third-order valence-corrected chi connectivity index (χ3v) is 5.10. The first kappa shape index (κ1) is 18.9. The molecule has 0 radical (unpaired) electrons. The van der Waals surface area contributed by atoms with Gasteiger partial charge in [-0.1, -0.05) is 37.3 Å². The van der Waals surface area contributed by atoms with Crippen molar-refractivity contribution >= 4 is 5.91 Å². The zero-order chi connectivity index (χ0) is 19.1. The maximum absolute atomic E-state index is 12.7. The second-order valence-corrected chi connectivity index (χ2v) is 6.97. The molecule has 1 aromatic heterocycles. The Labute approximate surface area is 160 Å². The first-order valence-corrected chi connectivity index (χ1v) is 9.57. The molecule has 1 N–H and O–H groups in total. The molecular weight excluding hydrogens is 338 g/mol. The van der Waals surface area contributed by atoms with Crippen molar-refractivity contribution in [2.75, 3.05) is 0 Å². The van der Waals surface area contributed by atoms with Crippen LogP contribution in [-0.2, 0) is 4.79 Å². The molecule has 1 aliphatic carbocycles. The van der Waals surface area contributed by atoms with Crippen molar-refractivity contribution < 1.29 is 9.53 Å². The Hall–Kier alpha value is -2.87. The smallest absolute Gasteiger partial charge is 0.227 e. The minimum absolute atomic E-state index is 0.0944. The van der Waals surface area contributed by atoms with Crippen molar-refractivity contribution in [3.8, 4) is 11.9 Å². The predicted octanol–water partition coefficient (Wildman–Crippen LogP) is 3.95. The highest BCUT2D eigenvalue weighted by Gasteiger charge is 2.26. The third-order valence-electron chi connectivity index (χ3n) is 5.10. The Morgan fingerprint density at radius 3 is 2.56 bits per heavy atom. The van der Waals surface area contributed by atoms with E-state index < -0.39 is 0 Å². The topological polar surface area (TPSA) is 75.0 Å². The number of carbonyl (C=O) groups excluding carboxylic acids is 1. The lowest BCUT2D eigenvalue weighted by Crippen LogP contribution is -2.41. The average Bonchev–Trinajstić information content (AvgIpc) is 2.71. The summed E-state index contributed by atoms with van der Waals surface area (Å²) in [6.07, 6.45) is 5.99. The zero-order valence-electron chi connectivity index (χ0n) is 15.6. The molecule has 0 saturated heterocycles. The lowest BCUT2D eigenvalue weighted by atomic mass is 9.91. The molecule has 2 aromatic rings. The molecule has 0 spiro atoms. The molecule has 1 amide bonds. The third kappa shape index (κ3) is 5.07. The van der Waals surface area contributed by atoms with Crippen molar-refractivity contribution in [3.63, 3.8) is 0 Å². The van der Waals surface area contributed by atoms with Gasteiger partial charge in [0.15, 0.2) is 0 Å². The van der Waals surface area contributed by atoms with Gasteiger partial charge in [-0.3, -0.25) is 4.79 Å². The molecule has 1 saturated carbocycles. The van der Waals surface area contributed by atoms with E-state index in [4.69, 9.17) is 10.00 Å². The normalized spacial score (nSPS) is 20.3. The van der Waals surface area contributed by atoms with Crippen LogP contribution in [0.4, 0.5) is 0 Å². The number of carbonyl (C=O) groups is 1. The van der Waals surface area contributed by atoms with E-state index in [0.29, 0.717) is 11.4 Å². The number of hydrogen-bond donors (Lipinski definition) is 1. The summed E-state index contributed by atoms with van der Waals surface area (Å²) in [4.78, 5) is 16.9. The summed E-state index contributed by atoms with van der Waals surface area (Å²) >= 11 is 0. The molecule has 5 heteroatoms. The van der Waals surface area contributed by atoms with Crippen LogP contribution in [0.1, 0.15) is 56.1 Å². The predicted molar refractivity (Wildman–Crippen MR) is 103 cm³/mol. The van der Waals surface area contributed by atoms with Crippen LogP contribution in [0.15, 0.2) is 48.7 Å². The van der Waals surface area contributed by atoms with Crippen LogP contribution in [0, 0.1) is 11.3 Å². The number of benzene rings is 1. The lowest BCUT2D eigenvalue weighted by molar-refractivity contribution is -0.123. The molecule has 1 unspecified atom stereocenters. The fourth-order valence-electron chi connectivity index (χ4n) is 3.57. The molecular formula is C22H25N3O2. The van der Waals surface area contributed by atoms with Crippen LogP contribution in [-0.4, -0.2) is 23.0 Å². The van der Waals surface area contributed by atoms with Crippen molar-refractivity contribution in [3.05, 3.63) is 59.8 Å². The lowest BCUT2D eigenvalue weighted by Gasteiger charge is -2.30. The van der Waals surface area contributed by atoms with Gasteiger partial charge < -0.3 is 10.1 Å². The van der Waals surface area contributed by atoms with Crippen LogP contribution in [0.2, 0.25) is 0 Å². The second kappa shape index (κ2) is 9.18. The maximum Gasteiger partial charge on any atom is 0.227 e. The van der Waals surface area contributed by atoms with Crippen LogP contribution < -0.4 is 10.1 Å². The van der Waals surface area contributed by atoms with Gasteiger partial charge in [0.05, 0.1) is 11.5 Å². The Morgan fingerprint density at radius 1 is 1.22 bits per heavy atom. The van der Waals surface area contributed by atoms with Crippen LogP contribution >= 0.6 is 0 Å². The van der Waals surface area contributed by atoms with E-state index in [-0.39, 0.29) is 24.0 Å². The van der Waals surface area contributed by atoms with Gasteiger partial charge >= 0.3 is 0 Å². The molecule has 5 nitrogen and oxygen atoms in total. The molecule has 1 aromatic carbocycles. The highest BCUT2D eigenvalue weighted by atomic mass is 16.5. The largest absolute Gasteiger partial charge is 0.474 e. The molecule has 1 atom stereocenters. The number of rotatable bonds is 6. The maximum atomic E-state index is 12.7. The SMILES string of the molecule is CCC(C(=O)NC1CCC(Oc2ccc(C#N)cn2)CC1)c1ccccc1. The summed E-state index contributed by atoms with van der Waals surface area (Å²) in [7, 11) is 0. The molecule has 0 bridgehead atoms. The first-order chi connectivity index (χ1) is 13.2. The van der Waals surface area contributed by atoms with Gasteiger partial charge in [-0.25, -0.2) is 4.98 Å². The van der Waals surface area contributed by atoms with Gasteiger partial charge in [-0.2, -0.15) is 5.26 Å². The number of nitriles is 1. The highest BCUT2D eigenvalue weighted by Crippen LogP contribution is 2.25. The number of amides is 1. The van der Waals surface area contributed by atoms with Crippen LogP contribution in [0.3, 0.4) is 0 Å². The van der Waals surface area contributed by atoms with Crippen LogP contribution in [0.25, 0.3) is 0 Å². The summed E-state index contributed by atoms with van der Waals surface area (Å²) in [5.41, 5.74) is 1.60. The number of pyridine rings is 1. The minimum atomic E-state index is -0.0944. The minimum Gasteiger partial charge on any atom is -0.474 e. The number of ether oxygens (including phenoxy) is 1.